The molecular weight excluding hydrogens is 293 g/mol. The molecule has 112 valence electrons. The van der Waals surface area contributed by atoms with Crippen LogP contribution >= 0.6 is 11.8 Å². The van der Waals surface area contributed by atoms with E-state index >= 15 is 0 Å². The van der Waals surface area contributed by atoms with Gasteiger partial charge in [-0.3, -0.25) is 4.79 Å². The Morgan fingerprint density at radius 3 is 2.95 bits per heavy atom. The Kier molecular flexibility index (Phi) is 5.46. The third kappa shape index (κ3) is 4.95. The molecule has 1 saturated heterocycles. The summed E-state index contributed by atoms with van der Waals surface area (Å²) < 4.78 is 19.2. The van der Waals surface area contributed by atoms with Crippen molar-refractivity contribution in [1.29, 1.82) is 0 Å². The van der Waals surface area contributed by atoms with Gasteiger partial charge in [0.15, 0.2) is 5.17 Å². The molecule has 0 aliphatic carbocycles. The minimum absolute atomic E-state index is 0.0561. The van der Waals surface area contributed by atoms with E-state index in [1.54, 1.807) is 12.1 Å². The Hall–Kier alpha value is -1.73. The second-order valence-electron chi connectivity index (χ2n) is 4.70. The molecule has 0 spiro atoms. The molecule has 0 unspecified atom stereocenters. The first-order valence-corrected chi connectivity index (χ1v) is 7.47. The molecule has 1 aliphatic rings. The van der Waals surface area contributed by atoms with Gasteiger partial charge in [-0.2, -0.15) is 5.10 Å². The maximum atomic E-state index is 13.8. The average Bonchev–Trinajstić information content (AvgIpc) is 2.83. The number of carbonyl (C=O) groups is 1. The highest BCUT2D eigenvalue weighted by molar-refractivity contribution is 8.15. The highest BCUT2D eigenvalue weighted by atomic mass is 32.2. The molecule has 21 heavy (non-hydrogen) atoms. The van der Waals surface area contributed by atoms with Crippen molar-refractivity contribution in [2.24, 2.45) is 10.2 Å². The second-order valence-corrected chi connectivity index (χ2v) is 5.66. The number of thioether (sulfide) groups is 1. The fraction of sp³-hybridized carbons (Fsp3) is 0.357. The van der Waals surface area contributed by atoms with Gasteiger partial charge in [0.05, 0.1) is 24.7 Å². The predicted octanol–water partition coefficient (Wildman–Crippen LogP) is 2.30. The zero-order chi connectivity index (χ0) is 15.2. The Bertz CT molecular complexity index is 588. The maximum Gasteiger partial charge on any atom is 0.236 e. The first-order chi connectivity index (χ1) is 10.0. The molecule has 0 saturated carbocycles. The molecule has 1 heterocycles. The second kappa shape index (κ2) is 7.33. The van der Waals surface area contributed by atoms with Crippen LogP contribution in [0.15, 0.2) is 28.4 Å². The lowest BCUT2D eigenvalue weighted by molar-refractivity contribution is -0.116. The molecule has 1 amide bonds. The van der Waals surface area contributed by atoms with E-state index in [4.69, 9.17) is 4.74 Å². The Labute approximate surface area is 126 Å². The van der Waals surface area contributed by atoms with Crippen molar-refractivity contribution < 1.29 is 13.9 Å². The number of benzene rings is 1. The van der Waals surface area contributed by atoms with Crippen molar-refractivity contribution in [2.75, 3.05) is 5.75 Å². The third-order valence-corrected chi connectivity index (χ3v) is 3.45. The van der Waals surface area contributed by atoms with Crippen molar-refractivity contribution in [3.8, 4) is 0 Å². The molecule has 0 radical (unpaired) electrons. The molecule has 0 aromatic heterocycles. The molecular formula is C14H16FN3O2S. The molecule has 1 aromatic rings. The summed E-state index contributed by atoms with van der Waals surface area (Å²) in [6.07, 6.45) is 1.49. The molecule has 1 aromatic carbocycles. The van der Waals surface area contributed by atoms with E-state index in [0.29, 0.717) is 22.0 Å². The Balaban J connectivity index is 1.98. The number of hydrogen-bond acceptors (Lipinski definition) is 5. The smallest absolute Gasteiger partial charge is 0.236 e. The Morgan fingerprint density at radius 2 is 2.33 bits per heavy atom. The average molecular weight is 309 g/mol. The minimum Gasteiger partial charge on any atom is -0.374 e. The standard InChI is InChI=1S/C14H16FN3O2S/c1-9(2)20-7-11-4-3-10(5-12(11)15)6-16-18-14-17-13(19)8-21-14/h3-6,9H,7-8H2,1-2H3,(H,17,18,19). The number of nitrogens with one attached hydrogen (secondary N) is 1. The molecule has 0 atom stereocenters. The van der Waals surface area contributed by atoms with E-state index in [2.05, 4.69) is 15.5 Å². The lowest BCUT2D eigenvalue weighted by Crippen LogP contribution is -2.19. The summed E-state index contributed by atoms with van der Waals surface area (Å²) in [4.78, 5) is 11.0. The van der Waals surface area contributed by atoms with E-state index < -0.39 is 0 Å². The molecule has 1 N–H and O–H groups in total. The van der Waals surface area contributed by atoms with Crippen LogP contribution in [-0.2, 0) is 16.1 Å². The number of nitrogens with zero attached hydrogens (tertiary/aromatic N) is 2. The van der Waals surface area contributed by atoms with E-state index in [0.717, 1.165) is 0 Å². The van der Waals surface area contributed by atoms with Crippen molar-refractivity contribution in [2.45, 2.75) is 26.6 Å². The van der Waals surface area contributed by atoms with E-state index in [9.17, 15) is 9.18 Å². The van der Waals surface area contributed by atoms with E-state index in [-0.39, 0.29) is 24.4 Å². The minimum atomic E-state index is -0.337. The molecule has 2 rings (SSSR count). The maximum absolute atomic E-state index is 13.8. The van der Waals surface area contributed by atoms with Crippen LogP contribution in [0.1, 0.15) is 25.0 Å². The first kappa shape index (κ1) is 15.7. The first-order valence-electron chi connectivity index (χ1n) is 6.48. The van der Waals surface area contributed by atoms with Crippen molar-refractivity contribution in [3.63, 3.8) is 0 Å². The van der Waals surface area contributed by atoms with Gasteiger partial charge >= 0.3 is 0 Å². The lowest BCUT2D eigenvalue weighted by atomic mass is 10.1. The van der Waals surface area contributed by atoms with Gasteiger partial charge < -0.3 is 10.1 Å². The van der Waals surface area contributed by atoms with Gasteiger partial charge in [-0.25, -0.2) is 4.39 Å². The number of rotatable bonds is 5. The summed E-state index contributed by atoms with van der Waals surface area (Å²) in [5, 5.41) is 10.7. The summed E-state index contributed by atoms with van der Waals surface area (Å²) >= 11 is 1.29. The predicted molar refractivity (Wildman–Crippen MR) is 82.0 cm³/mol. The van der Waals surface area contributed by atoms with Crippen LogP contribution in [0, 0.1) is 5.82 Å². The summed E-state index contributed by atoms with van der Waals surface area (Å²) in [6.45, 7) is 4.04. The summed E-state index contributed by atoms with van der Waals surface area (Å²) in [5.41, 5.74) is 1.10. The molecule has 0 bridgehead atoms. The zero-order valence-corrected chi connectivity index (χ0v) is 12.6. The van der Waals surface area contributed by atoms with Crippen molar-refractivity contribution in [1.82, 2.24) is 5.32 Å². The number of halogens is 1. The fourth-order valence-corrected chi connectivity index (χ4v) is 2.18. The van der Waals surface area contributed by atoms with Gasteiger partial charge in [0.2, 0.25) is 5.91 Å². The number of hydrogen-bond donors (Lipinski definition) is 1. The monoisotopic (exact) mass is 309 g/mol. The number of carbonyl (C=O) groups excluding carboxylic acids is 1. The normalized spacial score (nSPS) is 17.1. The largest absolute Gasteiger partial charge is 0.374 e. The van der Waals surface area contributed by atoms with Gasteiger partial charge in [0.1, 0.15) is 5.82 Å². The van der Waals surface area contributed by atoms with Crippen LogP contribution in [0.2, 0.25) is 0 Å². The van der Waals surface area contributed by atoms with Crippen LogP contribution in [0.25, 0.3) is 0 Å². The fourth-order valence-electron chi connectivity index (χ4n) is 1.54. The van der Waals surface area contributed by atoms with Gasteiger partial charge in [-0.1, -0.05) is 23.9 Å². The van der Waals surface area contributed by atoms with Gasteiger partial charge in [0, 0.05) is 5.56 Å². The Morgan fingerprint density at radius 1 is 1.52 bits per heavy atom. The summed E-state index contributed by atoms with van der Waals surface area (Å²) in [5.74, 6) is -0.0710. The quantitative estimate of drug-likeness (QED) is 0.670. The number of amides is 1. The molecule has 7 heteroatoms. The van der Waals surface area contributed by atoms with Crippen molar-refractivity contribution in [3.05, 3.63) is 35.1 Å². The van der Waals surface area contributed by atoms with Crippen LogP contribution in [0.4, 0.5) is 4.39 Å². The summed E-state index contributed by atoms with van der Waals surface area (Å²) in [6, 6.07) is 4.79. The molecule has 1 aliphatic heterocycles. The van der Waals surface area contributed by atoms with Crippen LogP contribution in [-0.4, -0.2) is 29.1 Å². The molecule has 1 fully saturated rings. The van der Waals surface area contributed by atoms with E-state index in [1.807, 2.05) is 13.8 Å². The van der Waals surface area contributed by atoms with Crippen LogP contribution in [0.3, 0.4) is 0 Å². The number of amidine groups is 1. The highest BCUT2D eigenvalue weighted by Crippen LogP contribution is 2.12. The lowest BCUT2D eigenvalue weighted by Gasteiger charge is -2.08. The third-order valence-electron chi connectivity index (χ3n) is 2.59. The highest BCUT2D eigenvalue weighted by Gasteiger charge is 2.15. The summed E-state index contributed by atoms with van der Waals surface area (Å²) in [7, 11) is 0. The van der Waals surface area contributed by atoms with Gasteiger partial charge in [-0.15, -0.1) is 5.10 Å². The molecule has 5 nitrogen and oxygen atoms in total. The van der Waals surface area contributed by atoms with Gasteiger partial charge in [-0.05, 0) is 25.5 Å². The number of ether oxygens (including phenoxy) is 1. The van der Waals surface area contributed by atoms with Crippen LogP contribution < -0.4 is 5.32 Å². The topological polar surface area (TPSA) is 63.1 Å². The van der Waals surface area contributed by atoms with Gasteiger partial charge in [0.25, 0.3) is 0 Å². The van der Waals surface area contributed by atoms with Crippen LogP contribution in [0.5, 0.6) is 0 Å². The SMILES string of the molecule is CC(C)OCc1ccc(C=NN=C2NC(=O)CS2)cc1F. The zero-order valence-electron chi connectivity index (χ0n) is 11.8. The van der Waals surface area contributed by atoms with Crippen molar-refractivity contribution >= 4 is 29.1 Å². The van der Waals surface area contributed by atoms with E-state index in [1.165, 1.54) is 24.0 Å².